The predicted octanol–water partition coefficient (Wildman–Crippen LogP) is 2.32. The van der Waals surface area contributed by atoms with Crippen LogP contribution in [0.5, 0.6) is 0 Å². The Morgan fingerprint density at radius 1 is 1.08 bits per heavy atom. The quantitative estimate of drug-likeness (QED) is 0.662. The third-order valence-electron chi connectivity index (χ3n) is 4.00. The molecule has 8 nitrogen and oxygen atoms in total. The molecule has 130 valence electrons. The number of nitro benzene ring substituents is 1. The Bertz CT molecular complexity index is 827. The van der Waals surface area contributed by atoms with Crippen LogP contribution in [0.2, 0.25) is 0 Å². The van der Waals surface area contributed by atoms with Gasteiger partial charge in [-0.25, -0.2) is 4.79 Å². The molecular weight excluding hydrogens is 346 g/mol. The Kier molecular flexibility index (Phi) is 4.66. The smallest absolute Gasteiger partial charge is 0.345 e. The normalized spacial score (nSPS) is 14.4. The van der Waals surface area contributed by atoms with Gasteiger partial charge < -0.3 is 14.9 Å². The van der Waals surface area contributed by atoms with Gasteiger partial charge in [-0.05, 0) is 18.2 Å². The van der Waals surface area contributed by atoms with Crippen LogP contribution in [0.25, 0.3) is 0 Å². The van der Waals surface area contributed by atoms with E-state index in [1.54, 1.807) is 11.0 Å². The second-order valence-electron chi connectivity index (χ2n) is 5.53. The number of thiophene rings is 1. The molecule has 0 aliphatic carbocycles. The lowest BCUT2D eigenvalue weighted by atomic mass is 10.2. The summed E-state index contributed by atoms with van der Waals surface area (Å²) in [5.41, 5.74) is 0.793. The molecule has 9 heteroatoms. The third kappa shape index (κ3) is 3.61. The first kappa shape index (κ1) is 16.9. The lowest BCUT2D eigenvalue weighted by molar-refractivity contribution is -0.384. The van der Waals surface area contributed by atoms with Gasteiger partial charge in [0.05, 0.1) is 9.80 Å². The zero-order valence-electron chi connectivity index (χ0n) is 13.1. The van der Waals surface area contributed by atoms with Gasteiger partial charge in [0.2, 0.25) is 0 Å². The summed E-state index contributed by atoms with van der Waals surface area (Å²) < 4.78 is 0. The van der Waals surface area contributed by atoms with E-state index in [0.717, 1.165) is 17.0 Å². The van der Waals surface area contributed by atoms with E-state index in [1.165, 1.54) is 24.3 Å². The number of rotatable bonds is 4. The van der Waals surface area contributed by atoms with Gasteiger partial charge in [0.15, 0.2) is 0 Å². The molecule has 1 aromatic heterocycles. The van der Waals surface area contributed by atoms with E-state index in [2.05, 4.69) is 0 Å². The molecule has 0 radical (unpaired) electrons. The van der Waals surface area contributed by atoms with Crippen LogP contribution in [0.1, 0.15) is 19.3 Å². The number of non-ortho nitro benzene ring substituents is 1. The minimum Gasteiger partial charge on any atom is -0.477 e. The number of benzene rings is 1. The van der Waals surface area contributed by atoms with Gasteiger partial charge in [-0.15, -0.1) is 11.3 Å². The summed E-state index contributed by atoms with van der Waals surface area (Å²) in [7, 11) is 0. The lowest BCUT2D eigenvalue weighted by Gasteiger charge is -2.35. The first-order valence-corrected chi connectivity index (χ1v) is 8.39. The second-order valence-corrected chi connectivity index (χ2v) is 6.61. The van der Waals surface area contributed by atoms with Crippen molar-refractivity contribution in [3.63, 3.8) is 0 Å². The Labute approximate surface area is 147 Å². The molecule has 1 aliphatic heterocycles. The second kappa shape index (κ2) is 6.89. The van der Waals surface area contributed by atoms with Crippen molar-refractivity contribution in [1.29, 1.82) is 0 Å². The molecule has 0 spiro atoms. The Balaban J connectivity index is 1.65. The summed E-state index contributed by atoms with van der Waals surface area (Å²) in [6, 6.07) is 9.38. The van der Waals surface area contributed by atoms with Gasteiger partial charge in [0, 0.05) is 44.0 Å². The number of carbonyl (C=O) groups is 2. The van der Waals surface area contributed by atoms with Crippen molar-refractivity contribution < 1.29 is 19.6 Å². The molecule has 2 aromatic rings. The molecule has 1 saturated heterocycles. The number of anilines is 1. The fourth-order valence-electron chi connectivity index (χ4n) is 2.69. The van der Waals surface area contributed by atoms with Crippen LogP contribution in [-0.2, 0) is 0 Å². The zero-order valence-corrected chi connectivity index (χ0v) is 13.9. The van der Waals surface area contributed by atoms with Gasteiger partial charge in [-0.1, -0.05) is 6.07 Å². The van der Waals surface area contributed by atoms with Crippen LogP contribution < -0.4 is 4.90 Å². The molecule has 1 aromatic carbocycles. The Morgan fingerprint density at radius 2 is 1.76 bits per heavy atom. The average molecular weight is 361 g/mol. The number of carboxylic acids is 1. The predicted molar refractivity (Wildman–Crippen MR) is 92.5 cm³/mol. The molecule has 1 amide bonds. The van der Waals surface area contributed by atoms with Crippen molar-refractivity contribution in [3.05, 3.63) is 56.3 Å². The molecular formula is C16H15N3O5S. The summed E-state index contributed by atoms with van der Waals surface area (Å²) >= 11 is 0.966. The maximum absolute atomic E-state index is 12.5. The molecule has 1 aliphatic rings. The molecule has 1 N–H and O–H groups in total. The SMILES string of the molecule is O=C(O)c1ccc(C(=O)N2CCN(c3cccc([N+](=O)[O-])c3)CC2)s1. The lowest BCUT2D eigenvalue weighted by Crippen LogP contribution is -2.48. The van der Waals surface area contributed by atoms with Crippen molar-refractivity contribution in [2.75, 3.05) is 31.1 Å². The number of carbonyl (C=O) groups excluding carboxylic acids is 1. The fourth-order valence-corrected chi connectivity index (χ4v) is 3.51. The summed E-state index contributed by atoms with van der Waals surface area (Å²) in [5, 5.41) is 19.8. The average Bonchev–Trinajstić information content (AvgIpc) is 3.12. The van der Waals surface area contributed by atoms with Crippen molar-refractivity contribution in [3.8, 4) is 0 Å². The number of aromatic carboxylic acids is 1. The molecule has 0 saturated carbocycles. The molecule has 25 heavy (non-hydrogen) atoms. The molecule has 0 unspecified atom stereocenters. The largest absolute Gasteiger partial charge is 0.477 e. The molecule has 3 rings (SSSR count). The van der Waals surface area contributed by atoms with Crippen molar-refractivity contribution >= 4 is 34.6 Å². The summed E-state index contributed by atoms with van der Waals surface area (Å²) in [5.74, 6) is -1.23. The minimum absolute atomic E-state index is 0.0378. The number of piperazine rings is 1. The molecule has 1 fully saturated rings. The number of amides is 1. The zero-order chi connectivity index (χ0) is 18.0. The highest BCUT2D eigenvalue weighted by Crippen LogP contribution is 2.23. The van der Waals surface area contributed by atoms with Crippen LogP contribution in [0.15, 0.2) is 36.4 Å². The van der Waals surface area contributed by atoms with E-state index in [0.29, 0.717) is 31.1 Å². The molecule has 0 atom stereocenters. The Hall–Kier alpha value is -2.94. The van der Waals surface area contributed by atoms with Crippen molar-refractivity contribution in [2.45, 2.75) is 0 Å². The van der Waals surface area contributed by atoms with E-state index in [4.69, 9.17) is 5.11 Å². The number of carboxylic acid groups (broad SMARTS) is 1. The minimum atomic E-state index is -1.04. The van der Waals surface area contributed by atoms with Gasteiger partial charge in [-0.3, -0.25) is 14.9 Å². The van der Waals surface area contributed by atoms with Gasteiger partial charge in [0.1, 0.15) is 4.88 Å². The number of nitro groups is 1. The first-order chi connectivity index (χ1) is 12.0. The molecule has 2 heterocycles. The van der Waals surface area contributed by atoms with Gasteiger partial charge >= 0.3 is 5.97 Å². The molecule has 0 bridgehead atoms. The standard InChI is InChI=1S/C16H15N3O5S/c20-15(13-4-5-14(25-13)16(21)22)18-8-6-17(7-9-18)11-2-1-3-12(10-11)19(23)24/h1-5,10H,6-9H2,(H,21,22). The maximum atomic E-state index is 12.5. The highest BCUT2D eigenvalue weighted by molar-refractivity contribution is 7.15. The summed E-state index contributed by atoms with van der Waals surface area (Å²) in [4.78, 5) is 38.0. The highest BCUT2D eigenvalue weighted by atomic mass is 32.1. The van der Waals surface area contributed by atoms with E-state index in [9.17, 15) is 19.7 Å². The summed E-state index contributed by atoms with van der Waals surface area (Å²) in [6.07, 6.45) is 0. The van der Waals surface area contributed by atoms with E-state index >= 15 is 0 Å². The number of nitrogens with zero attached hydrogens (tertiary/aromatic N) is 3. The van der Waals surface area contributed by atoms with Crippen LogP contribution in [0, 0.1) is 10.1 Å². The summed E-state index contributed by atoms with van der Waals surface area (Å²) in [6.45, 7) is 2.07. The number of hydrogen-bond acceptors (Lipinski definition) is 6. The van der Waals surface area contributed by atoms with Crippen molar-refractivity contribution in [2.24, 2.45) is 0 Å². The first-order valence-electron chi connectivity index (χ1n) is 7.57. The van der Waals surface area contributed by atoms with E-state index in [-0.39, 0.29) is 16.5 Å². The highest BCUT2D eigenvalue weighted by Gasteiger charge is 2.24. The monoisotopic (exact) mass is 361 g/mol. The number of hydrogen-bond donors (Lipinski definition) is 1. The fraction of sp³-hybridized carbons (Fsp3) is 0.250. The van der Waals surface area contributed by atoms with Crippen LogP contribution >= 0.6 is 11.3 Å². The van der Waals surface area contributed by atoms with Gasteiger partial charge in [0.25, 0.3) is 11.6 Å². The maximum Gasteiger partial charge on any atom is 0.345 e. The van der Waals surface area contributed by atoms with E-state index in [1.807, 2.05) is 11.0 Å². The van der Waals surface area contributed by atoms with Crippen LogP contribution in [0.3, 0.4) is 0 Å². The topological polar surface area (TPSA) is 104 Å². The van der Waals surface area contributed by atoms with Crippen LogP contribution in [-0.4, -0.2) is 53.0 Å². The van der Waals surface area contributed by atoms with Gasteiger partial charge in [-0.2, -0.15) is 0 Å². The van der Waals surface area contributed by atoms with Crippen molar-refractivity contribution in [1.82, 2.24) is 4.90 Å². The van der Waals surface area contributed by atoms with E-state index < -0.39 is 10.9 Å². The third-order valence-corrected chi connectivity index (χ3v) is 5.06. The Morgan fingerprint density at radius 3 is 2.36 bits per heavy atom. The van der Waals surface area contributed by atoms with Crippen LogP contribution in [0.4, 0.5) is 11.4 Å².